The highest BCUT2D eigenvalue weighted by Crippen LogP contribution is 2.04. The van der Waals surface area contributed by atoms with Crippen LogP contribution in [0.5, 0.6) is 0 Å². The number of carboxylic acid groups (broad SMARTS) is 1. The number of benzene rings is 1. The van der Waals surface area contributed by atoms with Crippen LogP contribution in [0.25, 0.3) is 0 Å². The number of carbonyl (C=O) groups excluding carboxylic acids is 4. The van der Waals surface area contributed by atoms with E-state index in [1.165, 1.54) is 12.5 Å². The highest BCUT2D eigenvalue weighted by molar-refractivity contribution is 5.93. The molecule has 4 amide bonds. The van der Waals surface area contributed by atoms with Gasteiger partial charge in [-0.1, -0.05) is 30.3 Å². The number of nitrogens with two attached hydrogens (primary N) is 2. The second-order valence-corrected chi connectivity index (χ2v) is 7.48. The van der Waals surface area contributed by atoms with Gasteiger partial charge in [-0.15, -0.1) is 0 Å². The largest absolute Gasteiger partial charge is 0.480 e. The highest BCUT2D eigenvalue weighted by atomic mass is 16.4. The Morgan fingerprint density at radius 2 is 1.71 bits per heavy atom. The first-order valence-corrected chi connectivity index (χ1v) is 10.3. The molecule has 0 bridgehead atoms. The maximum absolute atomic E-state index is 12.7. The van der Waals surface area contributed by atoms with Crippen molar-refractivity contribution < 1.29 is 29.1 Å². The molecule has 1 heterocycles. The molecule has 13 heteroatoms. The summed E-state index contributed by atoms with van der Waals surface area (Å²) in [5.74, 6) is -4.48. The van der Waals surface area contributed by atoms with Crippen LogP contribution >= 0.6 is 0 Å². The van der Waals surface area contributed by atoms with Crippen LogP contribution in [0.3, 0.4) is 0 Å². The van der Waals surface area contributed by atoms with E-state index in [1.807, 2.05) is 30.3 Å². The van der Waals surface area contributed by atoms with Crippen molar-refractivity contribution in [3.05, 3.63) is 54.1 Å². The number of primary amides is 1. The summed E-state index contributed by atoms with van der Waals surface area (Å²) in [6, 6.07) is 5.57. The number of aromatic amines is 1. The number of nitrogens with one attached hydrogen (secondary N) is 4. The van der Waals surface area contributed by atoms with Gasteiger partial charge in [-0.2, -0.15) is 0 Å². The molecule has 182 valence electrons. The molecule has 1 aromatic carbocycles. The van der Waals surface area contributed by atoms with Gasteiger partial charge in [0.15, 0.2) is 0 Å². The Balaban J connectivity index is 1.98. The molecule has 0 aliphatic rings. The Morgan fingerprint density at radius 1 is 1.00 bits per heavy atom. The number of H-pyrrole nitrogens is 1. The van der Waals surface area contributed by atoms with Gasteiger partial charge in [0, 0.05) is 18.3 Å². The topological polar surface area (TPSA) is 222 Å². The van der Waals surface area contributed by atoms with Crippen molar-refractivity contribution in [2.24, 2.45) is 11.5 Å². The van der Waals surface area contributed by atoms with Crippen LogP contribution in [0, 0.1) is 0 Å². The molecule has 2 rings (SSSR count). The number of hydrogen-bond acceptors (Lipinski definition) is 7. The van der Waals surface area contributed by atoms with E-state index in [2.05, 4.69) is 25.9 Å². The lowest BCUT2D eigenvalue weighted by molar-refractivity contribution is -0.143. The van der Waals surface area contributed by atoms with Crippen LogP contribution in [0.2, 0.25) is 0 Å². The summed E-state index contributed by atoms with van der Waals surface area (Å²) in [7, 11) is 0. The SMILES string of the molecule is NC(=O)CC(NC(=O)CNC(=O)C(Cc1cnc[nH]1)NC(=O)C(N)Cc1ccccc1)C(=O)O. The number of carboxylic acids is 1. The van der Waals surface area contributed by atoms with E-state index in [9.17, 15) is 24.0 Å². The minimum atomic E-state index is -1.53. The zero-order valence-electron chi connectivity index (χ0n) is 18.2. The average molecular weight is 473 g/mol. The summed E-state index contributed by atoms with van der Waals surface area (Å²) in [5.41, 5.74) is 12.4. The maximum atomic E-state index is 12.7. The standard InChI is InChI=1S/C21H27N7O6/c22-14(6-12-4-2-1-3-5-12)19(31)28-15(7-13-9-24-11-26-13)20(32)25-10-18(30)27-16(21(33)34)8-17(23)29/h1-5,9,11,14-16H,6-8,10,22H2,(H2,23,29)(H,24,26)(H,25,32)(H,27,30)(H,28,31)(H,33,34). The van der Waals surface area contributed by atoms with E-state index in [-0.39, 0.29) is 12.8 Å². The lowest BCUT2D eigenvalue weighted by atomic mass is 10.0. The third-order valence-corrected chi connectivity index (χ3v) is 4.71. The van der Waals surface area contributed by atoms with Gasteiger partial charge in [-0.3, -0.25) is 19.2 Å². The fourth-order valence-electron chi connectivity index (χ4n) is 3.00. The zero-order valence-corrected chi connectivity index (χ0v) is 18.2. The first-order valence-electron chi connectivity index (χ1n) is 10.3. The zero-order chi connectivity index (χ0) is 25.1. The third kappa shape index (κ3) is 8.70. The Morgan fingerprint density at radius 3 is 2.29 bits per heavy atom. The summed E-state index contributed by atoms with van der Waals surface area (Å²) in [6.45, 7) is -0.590. The van der Waals surface area contributed by atoms with Gasteiger partial charge in [0.05, 0.1) is 25.3 Å². The van der Waals surface area contributed by atoms with Crippen LogP contribution in [0.1, 0.15) is 17.7 Å². The molecule has 0 spiro atoms. The quantitative estimate of drug-likeness (QED) is 0.165. The van der Waals surface area contributed by atoms with E-state index < -0.39 is 60.7 Å². The van der Waals surface area contributed by atoms with Gasteiger partial charge in [0.2, 0.25) is 23.6 Å². The van der Waals surface area contributed by atoms with Crippen LogP contribution in [-0.4, -0.2) is 69.3 Å². The molecule has 13 nitrogen and oxygen atoms in total. The summed E-state index contributed by atoms with van der Waals surface area (Å²) in [5, 5.41) is 16.1. The monoisotopic (exact) mass is 473 g/mol. The first-order chi connectivity index (χ1) is 16.2. The second-order valence-electron chi connectivity index (χ2n) is 7.48. The number of aliphatic carboxylic acids is 1. The Kier molecular flexibility index (Phi) is 9.71. The van der Waals surface area contributed by atoms with E-state index in [1.54, 1.807) is 0 Å². The normalized spacial score (nSPS) is 13.2. The Bertz CT molecular complexity index is 996. The molecule has 0 radical (unpaired) electrons. The third-order valence-electron chi connectivity index (χ3n) is 4.71. The van der Waals surface area contributed by atoms with Gasteiger partial charge in [0.1, 0.15) is 12.1 Å². The Hall–Kier alpha value is -4.26. The van der Waals surface area contributed by atoms with E-state index in [0.29, 0.717) is 5.69 Å². The van der Waals surface area contributed by atoms with Gasteiger partial charge in [0.25, 0.3) is 0 Å². The fourth-order valence-corrected chi connectivity index (χ4v) is 3.00. The summed E-state index contributed by atoms with van der Waals surface area (Å²) in [4.78, 5) is 66.2. The van der Waals surface area contributed by atoms with Crippen LogP contribution < -0.4 is 27.4 Å². The summed E-state index contributed by atoms with van der Waals surface area (Å²) in [6.07, 6.45) is 2.57. The molecule has 34 heavy (non-hydrogen) atoms. The van der Waals surface area contributed by atoms with Crippen LogP contribution in [0.4, 0.5) is 0 Å². The van der Waals surface area contributed by atoms with E-state index in [4.69, 9.17) is 16.6 Å². The minimum Gasteiger partial charge on any atom is -0.480 e. The predicted octanol–water partition coefficient (Wildman–Crippen LogP) is -2.43. The van der Waals surface area contributed by atoms with Crippen molar-refractivity contribution >= 4 is 29.6 Å². The van der Waals surface area contributed by atoms with Crippen molar-refractivity contribution in [2.75, 3.05) is 6.54 Å². The first kappa shape index (κ1) is 26.0. The lowest BCUT2D eigenvalue weighted by Crippen LogP contribution is -2.54. The smallest absolute Gasteiger partial charge is 0.326 e. The highest BCUT2D eigenvalue weighted by Gasteiger charge is 2.26. The van der Waals surface area contributed by atoms with E-state index >= 15 is 0 Å². The summed E-state index contributed by atoms with van der Waals surface area (Å²) >= 11 is 0. The number of aromatic nitrogens is 2. The van der Waals surface area contributed by atoms with Crippen LogP contribution in [0.15, 0.2) is 42.9 Å². The van der Waals surface area contributed by atoms with Gasteiger partial charge in [-0.05, 0) is 12.0 Å². The molecule has 3 atom stereocenters. The number of amides is 4. The maximum Gasteiger partial charge on any atom is 0.326 e. The molecule has 0 saturated carbocycles. The molecular weight excluding hydrogens is 446 g/mol. The predicted molar refractivity (Wildman–Crippen MR) is 119 cm³/mol. The molecule has 0 saturated heterocycles. The molecule has 1 aromatic heterocycles. The van der Waals surface area contributed by atoms with Crippen molar-refractivity contribution in [2.45, 2.75) is 37.4 Å². The number of hydrogen-bond donors (Lipinski definition) is 7. The molecule has 3 unspecified atom stereocenters. The minimum absolute atomic E-state index is 0.0384. The van der Waals surface area contributed by atoms with Crippen molar-refractivity contribution in [1.82, 2.24) is 25.9 Å². The molecule has 0 aliphatic heterocycles. The van der Waals surface area contributed by atoms with Gasteiger partial charge in [-0.25, -0.2) is 9.78 Å². The number of imidazole rings is 1. The second kappa shape index (κ2) is 12.7. The summed E-state index contributed by atoms with van der Waals surface area (Å²) < 4.78 is 0. The average Bonchev–Trinajstić information content (AvgIpc) is 3.30. The van der Waals surface area contributed by atoms with E-state index in [0.717, 1.165) is 5.56 Å². The Labute approximate surface area is 194 Å². The molecule has 0 fully saturated rings. The molecular formula is C21H27N7O6. The van der Waals surface area contributed by atoms with Crippen molar-refractivity contribution in [1.29, 1.82) is 0 Å². The molecule has 2 aromatic rings. The number of nitrogens with zero attached hydrogens (tertiary/aromatic N) is 1. The van der Waals surface area contributed by atoms with Crippen LogP contribution in [-0.2, 0) is 36.8 Å². The molecule has 0 aliphatic carbocycles. The fraction of sp³-hybridized carbons (Fsp3) is 0.333. The van der Waals surface area contributed by atoms with Crippen molar-refractivity contribution in [3.63, 3.8) is 0 Å². The van der Waals surface area contributed by atoms with Gasteiger partial charge < -0.3 is 37.5 Å². The molecule has 9 N–H and O–H groups in total. The lowest BCUT2D eigenvalue weighted by Gasteiger charge is -2.20. The number of rotatable bonds is 13. The van der Waals surface area contributed by atoms with Crippen molar-refractivity contribution in [3.8, 4) is 0 Å². The van der Waals surface area contributed by atoms with Gasteiger partial charge >= 0.3 is 5.97 Å². The number of carbonyl (C=O) groups is 5.